The van der Waals surface area contributed by atoms with Crippen molar-refractivity contribution in [3.63, 3.8) is 0 Å². The Morgan fingerprint density at radius 1 is 1.56 bits per heavy atom. The molecule has 0 saturated carbocycles. The van der Waals surface area contributed by atoms with Gasteiger partial charge in [-0.05, 0) is 17.7 Å². The number of hydrazine groups is 1. The molecule has 2 unspecified atom stereocenters. The molecule has 0 aliphatic carbocycles. The Labute approximate surface area is 92.7 Å². The number of carboxylic acids is 1. The lowest BCUT2D eigenvalue weighted by Crippen LogP contribution is -2.29. The molecular weight excluding hydrogens is 206 g/mol. The SMILES string of the molecule is N#CC1NNCC1c1cccc(C(=O)O)c1. The molecule has 1 aliphatic rings. The standard InChI is InChI=1S/C11H11N3O2/c12-5-10-9(6-13-14-10)7-2-1-3-8(4-7)11(15)16/h1-4,9-10,13-14H,6H2,(H,15,16). The number of carboxylic acid groups (broad SMARTS) is 1. The molecule has 5 nitrogen and oxygen atoms in total. The topological polar surface area (TPSA) is 85.2 Å². The highest BCUT2D eigenvalue weighted by atomic mass is 16.4. The Hall–Kier alpha value is -1.90. The van der Waals surface area contributed by atoms with Gasteiger partial charge in [-0.1, -0.05) is 12.1 Å². The summed E-state index contributed by atoms with van der Waals surface area (Å²) in [6, 6.07) is 8.53. The van der Waals surface area contributed by atoms with E-state index < -0.39 is 5.97 Å². The van der Waals surface area contributed by atoms with E-state index in [-0.39, 0.29) is 17.5 Å². The predicted molar refractivity (Wildman–Crippen MR) is 56.7 cm³/mol. The molecule has 3 N–H and O–H groups in total. The maximum absolute atomic E-state index is 10.8. The molecule has 1 saturated heterocycles. The van der Waals surface area contributed by atoms with Crippen molar-refractivity contribution in [2.75, 3.05) is 6.54 Å². The van der Waals surface area contributed by atoms with Gasteiger partial charge in [0, 0.05) is 12.5 Å². The van der Waals surface area contributed by atoms with Gasteiger partial charge in [-0.3, -0.25) is 5.43 Å². The zero-order valence-electron chi connectivity index (χ0n) is 8.47. The third kappa shape index (κ3) is 1.89. The molecule has 1 aliphatic heterocycles. The second-order valence-corrected chi connectivity index (χ2v) is 3.67. The maximum atomic E-state index is 10.8. The summed E-state index contributed by atoms with van der Waals surface area (Å²) in [7, 11) is 0. The molecule has 82 valence electrons. The molecule has 1 heterocycles. The van der Waals surface area contributed by atoms with Crippen LogP contribution in [-0.2, 0) is 0 Å². The molecule has 1 aromatic carbocycles. The van der Waals surface area contributed by atoms with Crippen molar-refractivity contribution in [3.05, 3.63) is 35.4 Å². The number of nitriles is 1. The summed E-state index contributed by atoms with van der Waals surface area (Å²) in [5.41, 5.74) is 6.86. The third-order valence-electron chi connectivity index (χ3n) is 2.68. The van der Waals surface area contributed by atoms with Crippen LogP contribution in [0.5, 0.6) is 0 Å². The summed E-state index contributed by atoms with van der Waals surface area (Å²) in [4.78, 5) is 10.8. The van der Waals surface area contributed by atoms with E-state index >= 15 is 0 Å². The van der Waals surface area contributed by atoms with Gasteiger partial charge in [-0.15, -0.1) is 0 Å². The first kappa shape index (κ1) is 10.6. The second kappa shape index (κ2) is 4.31. The monoisotopic (exact) mass is 217 g/mol. The molecular formula is C11H11N3O2. The molecule has 16 heavy (non-hydrogen) atoms. The highest BCUT2D eigenvalue weighted by molar-refractivity contribution is 5.87. The van der Waals surface area contributed by atoms with Gasteiger partial charge in [0.25, 0.3) is 0 Å². The maximum Gasteiger partial charge on any atom is 0.335 e. The number of hydrogen-bond donors (Lipinski definition) is 3. The van der Waals surface area contributed by atoms with Crippen molar-refractivity contribution in [2.24, 2.45) is 0 Å². The normalized spacial score (nSPS) is 23.9. The van der Waals surface area contributed by atoms with Crippen LogP contribution in [0.2, 0.25) is 0 Å². The smallest absolute Gasteiger partial charge is 0.335 e. The van der Waals surface area contributed by atoms with E-state index in [4.69, 9.17) is 10.4 Å². The second-order valence-electron chi connectivity index (χ2n) is 3.67. The highest BCUT2D eigenvalue weighted by Gasteiger charge is 2.28. The lowest BCUT2D eigenvalue weighted by atomic mass is 9.93. The van der Waals surface area contributed by atoms with Crippen molar-refractivity contribution in [2.45, 2.75) is 12.0 Å². The molecule has 1 aromatic rings. The van der Waals surface area contributed by atoms with E-state index in [9.17, 15) is 4.79 Å². The first-order valence-corrected chi connectivity index (χ1v) is 4.93. The van der Waals surface area contributed by atoms with Crippen molar-refractivity contribution in [3.8, 4) is 6.07 Å². The Morgan fingerprint density at radius 3 is 3.06 bits per heavy atom. The number of aromatic carboxylic acids is 1. The molecule has 0 aromatic heterocycles. The first-order chi connectivity index (χ1) is 7.72. The van der Waals surface area contributed by atoms with Gasteiger partial charge in [0.2, 0.25) is 0 Å². The fraction of sp³-hybridized carbons (Fsp3) is 0.273. The van der Waals surface area contributed by atoms with E-state index in [1.165, 1.54) is 0 Å². The first-order valence-electron chi connectivity index (χ1n) is 4.93. The summed E-state index contributed by atoms with van der Waals surface area (Å²) < 4.78 is 0. The average Bonchev–Trinajstić information content (AvgIpc) is 2.77. The van der Waals surface area contributed by atoms with Gasteiger partial charge >= 0.3 is 5.97 Å². The molecule has 0 radical (unpaired) electrons. The molecule has 1 fully saturated rings. The van der Waals surface area contributed by atoms with Crippen LogP contribution in [0, 0.1) is 11.3 Å². The van der Waals surface area contributed by atoms with Crippen molar-refractivity contribution >= 4 is 5.97 Å². The van der Waals surface area contributed by atoms with Crippen LogP contribution in [0.3, 0.4) is 0 Å². The van der Waals surface area contributed by atoms with Gasteiger partial charge in [0.15, 0.2) is 0 Å². The van der Waals surface area contributed by atoms with Crippen molar-refractivity contribution < 1.29 is 9.90 Å². The number of hydrogen-bond acceptors (Lipinski definition) is 4. The molecule has 0 amide bonds. The van der Waals surface area contributed by atoms with Crippen LogP contribution in [0.15, 0.2) is 24.3 Å². The minimum absolute atomic E-state index is 0.00991. The van der Waals surface area contributed by atoms with E-state index in [2.05, 4.69) is 16.9 Å². The van der Waals surface area contributed by atoms with Crippen LogP contribution >= 0.6 is 0 Å². The lowest BCUT2D eigenvalue weighted by molar-refractivity contribution is 0.0696. The molecule has 2 atom stereocenters. The summed E-state index contributed by atoms with van der Waals surface area (Å²) in [6.45, 7) is 0.626. The summed E-state index contributed by atoms with van der Waals surface area (Å²) in [5.74, 6) is -0.960. The van der Waals surface area contributed by atoms with Gasteiger partial charge in [0.1, 0.15) is 6.04 Å². The largest absolute Gasteiger partial charge is 0.478 e. The minimum atomic E-state index is -0.950. The fourth-order valence-corrected chi connectivity index (χ4v) is 1.83. The molecule has 0 bridgehead atoms. The van der Waals surface area contributed by atoms with E-state index in [0.29, 0.717) is 6.54 Å². The molecule has 0 spiro atoms. The zero-order chi connectivity index (χ0) is 11.5. The van der Waals surface area contributed by atoms with E-state index in [1.807, 2.05) is 6.07 Å². The quantitative estimate of drug-likeness (QED) is 0.670. The van der Waals surface area contributed by atoms with Crippen molar-refractivity contribution in [1.82, 2.24) is 10.9 Å². The van der Waals surface area contributed by atoms with Gasteiger partial charge in [-0.2, -0.15) is 5.26 Å². The lowest BCUT2D eigenvalue weighted by Gasteiger charge is -2.12. The minimum Gasteiger partial charge on any atom is -0.478 e. The van der Waals surface area contributed by atoms with Crippen LogP contribution in [0.1, 0.15) is 21.8 Å². The van der Waals surface area contributed by atoms with Crippen LogP contribution in [0.25, 0.3) is 0 Å². The summed E-state index contributed by atoms with van der Waals surface area (Å²) in [6.07, 6.45) is 0. The van der Waals surface area contributed by atoms with Crippen LogP contribution in [0.4, 0.5) is 0 Å². The molecule has 2 rings (SSSR count). The Morgan fingerprint density at radius 2 is 2.38 bits per heavy atom. The summed E-state index contributed by atoms with van der Waals surface area (Å²) >= 11 is 0. The van der Waals surface area contributed by atoms with Gasteiger partial charge < -0.3 is 5.11 Å². The Bertz CT molecular complexity index is 453. The number of rotatable bonds is 2. The predicted octanol–water partition coefficient (Wildman–Crippen LogP) is 0.468. The van der Waals surface area contributed by atoms with Crippen LogP contribution < -0.4 is 10.9 Å². The zero-order valence-corrected chi connectivity index (χ0v) is 8.47. The third-order valence-corrected chi connectivity index (χ3v) is 2.68. The highest BCUT2D eigenvalue weighted by Crippen LogP contribution is 2.22. The number of carbonyl (C=O) groups is 1. The van der Waals surface area contributed by atoms with Gasteiger partial charge in [-0.25, -0.2) is 10.2 Å². The number of benzene rings is 1. The van der Waals surface area contributed by atoms with Crippen molar-refractivity contribution in [1.29, 1.82) is 5.26 Å². The average molecular weight is 217 g/mol. The van der Waals surface area contributed by atoms with Gasteiger partial charge in [0.05, 0.1) is 11.6 Å². The number of nitrogens with one attached hydrogen (secondary N) is 2. The summed E-state index contributed by atoms with van der Waals surface area (Å²) in [5, 5.41) is 17.8. The fourth-order valence-electron chi connectivity index (χ4n) is 1.83. The Balaban J connectivity index is 2.30. The van der Waals surface area contributed by atoms with E-state index in [0.717, 1.165) is 5.56 Å². The molecule has 5 heteroatoms. The van der Waals surface area contributed by atoms with E-state index in [1.54, 1.807) is 18.2 Å². The Kier molecular flexibility index (Phi) is 2.86. The number of nitrogens with zero attached hydrogens (tertiary/aromatic N) is 1. The van der Waals surface area contributed by atoms with Crippen LogP contribution in [-0.4, -0.2) is 23.7 Å².